The standard InChI is InChI=1S/C13H11N3O2S/c1-16-5-2-3-10(16)11(17)7-18-12-9-4-6-19-13(9)15-8-14-12/h2-6,8H,7H2,1H3. The second-order valence-corrected chi connectivity index (χ2v) is 4.93. The summed E-state index contributed by atoms with van der Waals surface area (Å²) >= 11 is 1.52. The van der Waals surface area contributed by atoms with Crippen molar-refractivity contribution >= 4 is 27.3 Å². The average molecular weight is 273 g/mol. The lowest BCUT2D eigenvalue weighted by Crippen LogP contribution is -2.15. The van der Waals surface area contributed by atoms with Gasteiger partial charge in [0.1, 0.15) is 11.2 Å². The molecule has 0 aliphatic heterocycles. The number of Topliss-reactive ketones (excluding diaryl/α,β-unsaturated/α-hetero) is 1. The average Bonchev–Trinajstić information content (AvgIpc) is 3.04. The van der Waals surface area contributed by atoms with Crippen LogP contribution < -0.4 is 4.74 Å². The van der Waals surface area contributed by atoms with Crippen LogP contribution in [-0.4, -0.2) is 26.9 Å². The van der Waals surface area contributed by atoms with Gasteiger partial charge in [0.25, 0.3) is 0 Å². The van der Waals surface area contributed by atoms with Gasteiger partial charge in [0.2, 0.25) is 11.7 Å². The zero-order chi connectivity index (χ0) is 13.2. The van der Waals surface area contributed by atoms with Crippen molar-refractivity contribution in [2.24, 2.45) is 7.05 Å². The van der Waals surface area contributed by atoms with Gasteiger partial charge in [-0.25, -0.2) is 9.97 Å². The van der Waals surface area contributed by atoms with E-state index in [0.717, 1.165) is 10.2 Å². The number of aryl methyl sites for hydroxylation is 1. The van der Waals surface area contributed by atoms with Crippen molar-refractivity contribution < 1.29 is 9.53 Å². The van der Waals surface area contributed by atoms with Gasteiger partial charge in [-0.15, -0.1) is 11.3 Å². The number of aromatic nitrogens is 3. The Hall–Kier alpha value is -2.21. The minimum atomic E-state index is -0.0745. The third kappa shape index (κ3) is 2.22. The van der Waals surface area contributed by atoms with E-state index in [1.165, 1.54) is 17.7 Å². The Morgan fingerprint density at radius 3 is 3.11 bits per heavy atom. The van der Waals surface area contributed by atoms with Crippen molar-refractivity contribution in [1.29, 1.82) is 0 Å². The van der Waals surface area contributed by atoms with Crippen molar-refractivity contribution in [3.63, 3.8) is 0 Å². The summed E-state index contributed by atoms with van der Waals surface area (Å²) in [4.78, 5) is 21.0. The van der Waals surface area contributed by atoms with E-state index in [2.05, 4.69) is 9.97 Å². The number of hydrogen-bond donors (Lipinski definition) is 0. The van der Waals surface area contributed by atoms with Crippen LogP contribution in [0.25, 0.3) is 10.2 Å². The van der Waals surface area contributed by atoms with E-state index < -0.39 is 0 Å². The van der Waals surface area contributed by atoms with Crippen molar-refractivity contribution in [3.05, 3.63) is 41.8 Å². The number of rotatable bonds is 4. The highest BCUT2D eigenvalue weighted by atomic mass is 32.1. The smallest absolute Gasteiger partial charge is 0.225 e. The largest absolute Gasteiger partial charge is 0.469 e. The van der Waals surface area contributed by atoms with Crippen LogP contribution in [0.4, 0.5) is 0 Å². The van der Waals surface area contributed by atoms with Crippen molar-refractivity contribution in [1.82, 2.24) is 14.5 Å². The number of nitrogens with zero attached hydrogens (tertiary/aromatic N) is 3. The summed E-state index contributed by atoms with van der Waals surface area (Å²) in [5, 5.41) is 2.76. The summed E-state index contributed by atoms with van der Waals surface area (Å²) < 4.78 is 7.28. The summed E-state index contributed by atoms with van der Waals surface area (Å²) in [7, 11) is 1.83. The molecule has 3 aromatic rings. The minimum Gasteiger partial charge on any atom is -0.469 e. The van der Waals surface area contributed by atoms with Gasteiger partial charge in [0.05, 0.1) is 11.1 Å². The van der Waals surface area contributed by atoms with Gasteiger partial charge in [0, 0.05) is 13.2 Å². The highest BCUT2D eigenvalue weighted by molar-refractivity contribution is 7.16. The lowest BCUT2D eigenvalue weighted by molar-refractivity contribution is 0.0911. The number of ketones is 1. The number of fused-ring (bicyclic) bond motifs is 1. The molecule has 0 saturated carbocycles. The van der Waals surface area contributed by atoms with Crippen LogP contribution in [0.5, 0.6) is 5.88 Å². The van der Waals surface area contributed by atoms with E-state index in [0.29, 0.717) is 11.6 Å². The van der Waals surface area contributed by atoms with Gasteiger partial charge in [0.15, 0.2) is 6.61 Å². The quantitative estimate of drug-likeness (QED) is 0.684. The molecular weight excluding hydrogens is 262 g/mol. The maximum Gasteiger partial charge on any atom is 0.225 e. The fourth-order valence-corrected chi connectivity index (χ4v) is 2.56. The summed E-state index contributed by atoms with van der Waals surface area (Å²) in [6.45, 7) is -0.0280. The normalized spacial score (nSPS) is 10.8. The molecule has 0 fully saturated rings. The van der Waals surface area contributed by atoms with Crippen molar-refractivity contribution in [2.75, 3.05) is 6.61 Å². The molecule has 0 aliphatic rings. The van der Waals surface area contributed by atoms with Crippen molar-refractivity contribution in [3.8, 4) is 5.88 Å². The predicted octanol–water partition coefficient (Wildman–Crippen LogP) is 2.29. The van der Waals surface area contributed by atoms with Crippen LogP contribution in [-0.2, 0) is 7.05 Å². The third-order valence-electron chi connectivity index (χ3n) is 2.79. The Morgan fingerprint density at radius 2 is 2.32 bits per heavy atom. The lowest BCUT2D eigenvalue weighted by Gasteiger charge is -2.06. The monoisotopic (exact) mass is 273 g/mol. The zero-order valence-corrected chi connectivity index (χ0v) is 11.1. The summed E-state index contributed by atoms with van der Waals surface area (Å²) in [6, 6.07) is 5.49. The maximum absolute atomic E-state index is 12.0. The number of thiophene rings is 1. The summed E-state index contributed by atoms with van der Waals surface area (Å²) in [5.74, 6) is 0.378. The molecule has 6 heteroatoms. The van der Waals surface area contributed by atoms with Crippen molar-refractivity contribution in [2.45, 2.75) is 0 Å². The molecule has 3 rings (SSSR count). The predicted molar refractivity (Wildman–Crippen MR) is 72.7 cm³/mol. The van der Waals surface area contributed by atoms with E-state index in [4.69, 9.17) is 4.74 Å². The molecule has 3 aromatic heterocycles. The molecule has 0 spiro atoms. The van der Waals surface area contributed by atoms with Gasteiger partial charge in [-0.1, -0.05) is 0 Å². The molecule has 0 N–H and O–H groups in total. The highest BCUT2D eigenvalue weighted by Gasteiger charge is 2.12. The Kier molecular flexibility index (Phi) is 3.00. The van der Waals surface area contributed by atoms with Crippen LogP contribution in [0.3, 0.4) is 0 Å². The zero-order valence-electron chi connectivity index (χ0n) is 10.2. The van der Waals surface area contributed by atoms with Crippen LogP contribution in [0.1, 0.15) is 10.5 Å². The maximum atomic E-state index is 12.0. The number of hydrogen-bond acceptors (Lipinski definition) is 5. The van der Waals surface area contributed by atoms with E-state index in [1.54, 1.807) is 10.6 Å². The Balaban J connectivity index is 1.78. The van der Waals surface area contributed by atoms with Gasteiger partial charge >= 0.3 is 0 Å². The van der Waals surface area contributed by atoms with E-state index in [9.17, 15) is 4.79 Å². The van der Waals surface area contributed by atoms with Gasteiger partial charge in [-0.3, -0.25) is 4.79 Å². The molecule has 3 heterocycles. The van der Waals surface area contributed by atoms with Crippen LogP contribution in [0, 0.1) is 0 Å². The lowest BCUT2D eigenvalue weighted by atomic mass is 10.3. The van der Waals surface area contributed by atoms with Gasteiger partial charge in [-0.2, -0.15) is 0 Å². The first-order valence-electron chi connectivity index (χ1n) is 5.71. The molecule has 0 radical (unpaired) electrons. The van der Waals surface area contributed by atoms with E-state index >= 15 is 0 Å². The molecule has 0 atom stereocenters. The van der Waals surface area contributed by atoms with Crippen LogP contribution >= 0.6 is 11.3 Å². The van der Waals surface area contributed by atoms with E-state index in [-0.39, 0.29) is 12.4 Å². The Morgan fingerprint density at radius 1 is 1.42 bits per heavy atom. The number of ether oxygens (including phenoxy) is 1. The molecule has 0 aromatic carbocycles. The topological polar surface area (TPSA) is 57.0 Å². The van der Waals surface area contributed by atoms with Gasteiger partial charge < -0.3 is 9.30 Å². The minimum absolute atomic E-state index is 0.0280. The van der Waals surface area contributed by atoms with Crippen LogP contribution in [0.15, 0.2) is 36.1 Å². The third-order valence-corrected chi connectivity index (χ3v) is 3.62. The summed E-state index contributed by atoms with van der Waals surface area (Å²) in [6.07, 6.45) is 3.27. The first-order valence-corrected chi connectivity index (χ1v) is 6.59. The van der Waals surface area contributed by atoms with Crippen LogP contribution in [0.2, 0.25) is 0 Å². The van der Waals surface area contributed by atoms with Gasteiger partial charge in [-0.05, 0) is 23.6 Å². The molecule has 0 bridgehead atoms. The molecule has 19 heavy (non-hydrogen) atoms. The number of carbonyl (C=O) groups is 1. The molecule has 0 amide bonds. The molecular formula is C13H11N3O2S. The highest BCUT2D eigenvalue weighted by Crippen LogP contribution is 2.25. The Labute approximate surface area is 113 Å². The summed E-state index contributed by atoms with van der Waals surface area (Å²) in [5.41, 5.74) is 0.621. The number of carbonyl (C=O) groups excluding carboxylic acids is 1. The molecule has 0 aliphatic carbocycles. The SMILES string of the molecule is Cn1cccc1C(=O)COc1ncnc2sccc12. The first kappa shape index (κ1) is 11.9. The molecule has 0 unspecified atom stereocenters. The second-order valence-electron chi connectivity index (χ2n) is 4.03. The second kappa shape index (κ2) is 4.81. The fourth-order valence-electron chi connectivity index (χ4n) is 1.84. The first-order chi connectivity index (χ1) is 9.25. The molecule has 5 nitrogen and oxygen atoms in total. The molecule has 0 saturated heterocycles. The Bertz CT molecular complexity index is 732. The molecule has 96 valence electrons. The van der Waals surface area contributed by atoms with E-state index in [1.807, 2.05) is 30.8 Å². The fraction of sp³-hybridized carbons (Fsp3) is 0.154.